The van der Waals surface area contributed by atoms with Gasteiger partial charge in [0, 0.05) is 28.5 Å². The Balaban J connectivity index is 2.00. The van der Waals surface area contributed by atoms with E-state index in [2.05, 4.69) is 5.32 Å². The molecule has 0 heterocycles. The highest BCUT2D eigenvalue weighted by molar-refractivity contribution is 6.30. The average Bonchev–Trinajstić information content (AvgIpc) is 2.51. The van der Waals surface area contributed by atoms with Gasteiger partial charge in [-0.2, -0.15) is 0 Å². The monoisotopic (exact) mass is 315 g/mol. The molecule has 0 saturated heterocycles. The number of benzene rings is 2. The van der Waals surface area contributed by atoms with Gasteiger partial charge in [0.2, 0.25) is 0 Å². The molecule has 0 aliphatic carbocycles. The number of carbonyl (C=O) groups excluding carboxylic acids is 1. The lowest BCUT2D eigenvalue weighted by Crippen LogP contribution is -1.98. The Bertz CT molecular complexity index is 678. The number of halogens is 1. The minimum atomic E-state index is -0.0739. The van der Waals surface area contributed by atoms with Crippen molar-refractivity contribution < 1.29 is 9.53 Å². The normalized spacial score (nSPS) is 10.7. The second kappa shape index (κ2) is 7.66. The molecule has 0 atom stereocenters. The summed E-state index contributed by atoms with van der Waals surface area (Å²) in [4.78, 5) is 12.1. The fraction of sp³-hybridized carbons (Fsp3) is 0.167. The fourth-order valence-electron chi connectivity index (χ4n) is 1.94. The van der Waals surface area contributed by atoms with Crippen molar-refractivity contribution in [3.05, 3.63) is 70.9 Å². The SMILES string of the molecule is CCOc1ccc(C(=O)C=CNc2cc(Cl)ccc2C)cc1. The molecule has 2 aromatic carbocycles. The molecule has 4 heteroatoms. The Morgan fingerprint density at radius 3 is 2.64 bits per heavy atom. The Morgan fingerprint density at radius 2 is 1.95 bits per heavy atom. The van der Waals surface area contributed by atoms with Crippen LogP contribution in [0.3, 0.4) is 0 Å². The van der Waals surface area contributed by atoms with Crippen LogP contribution in [0.4, 0.5) is 5.69 Å². The summed E-state index contributed by atoms with van der Waals surface area (Å²) in [5.41, 5.74) is 2.55. The van der Waals surface area contributed by atoms with Crippen molar-refractivity contribution in [2.24, 2.45) is 0 Å². The minimum Gasteiger partial charge on any atom is -0.494 e. The van der Waals surface area contributed by atoms with E-state index in [1.54, 1.807) is 30.5 Å². The summed E-state index contributed by atoms with van der Waals surface area (Å²) in [5.74, 6) is 0.686. The molecule has 2 rings (SSSR count). The maximum Gasteiger partial charge on any atom is 0.187 e. The van der Waals surface area contributed by atoms with Crippen molar-refractivity contribution in [1.82, 2.24) is 0 Å². The van der Waals surface area contributed by atoms with E-state index in [4.69, 9.17) is 16.3 Å². The molecule has 0 aromatic heterocycles. The van der Waals surface area contributed by atoms with Crippen molar-refractivity contribution in [2.75, 3.05) is 11.9 Å². The predicted octanol–water partition coefficient (Wildman–Crippen LogP) is 4.86. The Labute approximate surface area is 135 Å². The molecule has 3 nitrogen and oxygen atoms in total. The summed E-state index contributed by atoms with van der Waals surface area (Å²) in [6, 6.07) is 12.7. The summed E-state index contributed by atoms with van der Waals surface area (Å²) in [6.45, 7) is 4.50. The summed E-state index contributed by atoms with van der Waals surface area (Å²) in [6.07, 6.45) is 3.12. The number of ether oxygens (including phenoxy) is 1. The highest BCUT2D eigenvalue weighted by Crippen LogP contribution is 2.20. The topological polar surface area (TPSA) is 38.3 Å². The van der Waals surface area contributed by atoms with Crippen LogP contribution >= 0.6 is 11.6 Å². The molecule has 0 bridgehead atoms. The van der Waals surface area contributed by atoms with E-state index in [0.29, 0.717) is 17.2 Å². The fourth-order valence-corrected chi connectivity index (χ4v) is 2.11. The highest BCUT2D eigenvalue weighted by Gasteiger charge is 2.02. The lowest BCUT2D eigenvalue weighted by Gasteiger charge is -2.05. The van der Waals surface area contributed by atoms with Crippen molar-refractivity contribution >= 4 is 23.1 Å². The molecular weight excluding hydrogens is 298 g/mol. The molecule has 0 aliphatic rings. The first-order chi connectivity index (χ1) is 10.6. The van der Waals surface area contributed by atoms with Gasteiger partial charge in [-0.3, -0.25) is 4.79 Å². The van der Waals surface area contributed by atoms with Gasteiger partial charge in [-0.15, -0.1) is 0 Å². The average molecular weight is 316 g/mol. The number of allylic oxidation sites excluding steroid dienone is 1. The number of anilines is 1. The van der Waals surface area contributed by atoms with E-state index in [-0.39, 0.29) is 5.78 Å². The molecule has 0 unspecified atom stereocenters. The number of rotatable bonds is 6. The van der Waals surface area contributed by atoms with Crippen LogP contribution in [0.5, 0.6) is 5.75 Å². The van der Waals surface area contributed by atoms with Crippen molar-refractivity contribution in [1.29, 1.82) is 0 Å². The quantitative estimate of drug-likeness (QED) is 0.611. The smallest absolute Gasteiger partial charge is 0.187 e. The molecule has 22 heavy (non-hydrogen) atoms. The zero-order valence-electron chi connectivity index (χ0n) is 12.6. The number of ketones is 1. The molecular formula is C18H18ClNO2. The largest absolute Gasteiger partial charge is 0.494 e. The zero-order valence-corrected chi connectivity index (χ0v) is 13.4. The number of nitrogens with one attached hydrogen (secondary N) is 1. The summed E-state index contributed by atoms with van der Waals surface area (Å²) in [7, 11) is 0. The molecule has 0 radical (unpaired) electrons. The van der Waals surface area contributed by atoms with Gasteiger partial charge in [-0.1, -0.05) is 17.7 Å². The first-order valence-corrected chi connectivity index (χ1v) is 7.44. The van der Waals surface area contributed by atoms with Crippen LogP contribution in [0.1, 0.15) is 22.8 Å². The van der Waals surface area contributed by atoms with E-state index < -0.39 is 0 Å². The molecule has 1 N–H and O–H groups in total. The van der Waals surface area contributed by atoms with Crippen molar-refractivity contribution in [3.8, 4) is 5.75 Å². The number of aryl methyl sites for hydroxylation is 1. The number of hydrogen-bond acceptors (Lipinski definition) is 3. The van der Waals surface area contributed by atoms with Crippen LogP contribution in [0.15, 0.2) is 54.7 Å². The Kier molecular flexibility index (Phi) is 5.61. The van der Waals surface area contributed by atoms with Crippen LogP contribution in [0.2, 0.25) is 5.02 Å². The van der Waals surface area contributed by atoms with Gasteiger partial charge < -0.3 is 10.1 Å². The third kappa shape index (κ3) is 4.37. The second-order valence-corrected chi connectivity index (χ2v) is 5.19. The summed E-state index contributed by atoms with van der Waals surface area (Å²) < 4.78 is 5.35. The first-order valence-electron chi connectivity index (χ1n) is 7.06. The lowest BCUT2D eigenvalue weighted by atomic mass is 10.1. The van der Waals surface area contributed by atoms with Crippen LogP contribution in [-0.2, 0) is 0 Å². The summed E-state index contributed by atoms with van der Waals surface area (Å²) in [5, 5.41) is 3.73. The maximum atomic E-state index is 12.1. The first kappa shape index (κ1) is 16.1. The van der Waals surface area contributed by atoms with E-state index in [9.17, 15) is 4.79 Å². The lowest BCUT2D eigenvalue weighted by molar-refractivity contribution is 0.104. The van der Waals surface area contributed by atoms with Gasteiger partial charge in [0.25, 0.3) is 0 Å². The van der Waals surface area contributed by atoms with E-state index in [1.807, 2.05) is 32.0 Å². The molecule has 0 spiro atoms. The maximum absolute atomic E-state index is 12.1. The van der Waals surface area contributed by atoms with Gasteiger partial charge in [0.15, 0.2) is 5.78 Å². The number of carbonyl (C=O) groups is 1. The van der Waals surface area contributed by atoms with Crippen molar-refractivity contribution in [2.45, 2.75) is 13.8 Å². The van der Waals surface area contributed by atoms with Gasteiger partial charge >= 0.3 is 0 Å². The minimum absolute atomic E-state index is 0.0739. The van der Waals surface area contributed by atoms with Crippen molar-refractivity contribution in [3.63, 3.8) is 0 Å². The van der Waals surface area contributed by atoms with Gasteiger partial charge in [-0.25, -0.2) is 0 Å². The molecule has 0 aliphatic heterocycles. The van der Waals surface area contributed by atoms with Gasteiger partial charge in [-0.05, 0) is 55.8 Å². The van der Waals surface area contributed by atoms with Crippen LogP contribution < -0.4 is 10.1 Å². The molecule has 2 aromatic rings. The molecule has 0 fully saturated rings. The van der Waals surface area contributed by atoms with Crippen LogP contribution in [-0.4, -0.2) is 12.4 Å². The van der Waals surface area contributed by atoms with E-state index in [1.165, 1.54) is 6.08 Å². The van der Waals surface area contributed by atoms with E-state index in [0.717, 1.165) is 17.0 Å². The van der Waals surface area contributed by atoms with Gasteiger partial charge in [0.1, 0.15) is 5.75 Å². The zero-order chi connectivity index (χ0) is 15.9. The predicted molar refractivity (Wildman–Crippen MR) is 90.9 cm³/mol. The van der Waals surface area contributed by atoms with Gasteiger partial charge in [0.05, 0.1) is 6.61 Å². The van der Waals surface area contributed by atoms with Crippen LogP contribution in [0, 0.1) is 6.92 Å². The van der Waals surface area contributed by atoms with Crippen LogP contribution in [0.25, 0.3) is 0 Å². The van der Waals surface area contributed by atoms with E-state index >= 15 is 0 Å². The molecule has 114 valence electrons. The third-order valence-corrected chi connectivity index (χ3v) is 3.36. The molecule has 0 saturated carbocycles. The highest BCUT2D eigenvalue weighted by atomic mass is 35.5. The summed E-state index contributed by atoms with van der Waals surface area (Å²) >= 11 is 5.95. The Hall–Kier alpha value is -2.26. The second-order valence-electron chi connectivity index (χ2n) is 4.76. The standard InChI is InChI=1S/C18H18ClNO2/c1-3-22-16-8-5-14(6-9-16)18(21)10-11-20-17-12-15(19)7-4-13(17)2/h4-12,20H,3H2,1-2H3. The number of hydrogen-bond donors (Lipinski definition) is 1. The molecule has 0 amide bonds. The third-order valence-electron chi connectivity index (χ3n) is 3.12. The Morgan fingerprint density at radius 1 is 1.23 bits per heavy atom.